The number of hydrogen-bond donors (Lipinski definition) is 0. The van der Waals surface area contributed by atoms with Gasteiger partial charge in [0.1, 0.15) is 0 Å². The van der Waals surface area contributed by atoms with E-state index in [-0.39, 0.29) is 5.91 Å². The third-order valence-corrected chi connectivity index (χ3v) is 5.82. The van der Waals surface area contributed by atoms with Crippen LogP contribution < -0.4 is 14.4 Å². The predicted molar refractivity (Wildman–Crippen MR) is 121 cm³/mol. The van der Waals surface area contributed by atoms with Crippen LogP contribution >= 0.6 is 47.2 Å². The van der Waals surface area contributed by atoms with Gasteiger partial charge in [0, 0.05) is 6.92 Å². The van der Waals surface area contributed by atoms with Gasteiger partial charge in [-0.05, 0) is 48.9 Å². The average Bonchev–Trinajstić information content (AvgIpc) is 2.93. The van der Waals surface area contributed by atoms with Crippen molar-refractivity contribution in [2.45, 2.75) is 13.8 Å². The van der Waals surface area contributed by atoms with Crippen molar-refractivity contribution in [1.29, 1.82) is 0 Å². The number of anilines is 1. The molecule has 1 saturated heterocycles. The zero-order valence-corrected chi connectivity index (χ0v) is 18.5. The lowest BCUT2D eigenvalue weighted by atomic mass is 10.1. The van der Waals surface area contributed by atoms with E-state index in [1.807, 2.05) is 6.92 Å². The molecule has 150 valence electrons. The number of carbonyl (C=O) groups excluding carboxylic acids is 2. The van der Waals surface area contributed by atoms with Crippen LogP contribution in [0.2, 0.25) is 10.0 Å². The van der Waals surface area contributed by atoms with Crippen molar-refractivity contribution >= 4 is 75.1 Å². The molecule has 2 aromatic carbocycles. The molecule has 0 spiro atoms. The summed E-state index contributed by atoms with van der Waals surface area (Å²) in [5.74, 6) is 0.0258. The van der Waals surface area contributed by atoms with Gasteiger partial charge in [-0.1, -0.05) is 53.2 Å². The van der Waals surface area contributed by atoms with Gasteiger partial charge in [-0.3, -0.25) is 14.5 Å². The minimum absolute atomic E-state index is 0.264. The third kappa shape index (κ3) is 4.93. The summed E-state index contributed by atoms with van der Waals surface area (Å²) in [6, 6.07) is 9.95. The summed E-state index contributed by atoms with van der Waals surface area (Å²) in [6.45, 7) is 3.54. The quantitative estimate of drug-likeness (QED) is 0.242. The first-order chi connectivity index (χ1) is 13.8. The molecule has 0 unspecified atom stereocenters. The second-order valence-corrected chi connectivity index (χ2v) is 8.34. The first-order valence-electron chi connectivity index (χ1n) is 8.48. The van der Waals surface area contributed by atoms with E-state index >= 15 is 0 Å². The van der Waals surface area contributed by atoms with Crippen LogP contribution in [0.4, 0.5) is 5.69 Å². The van der Waals surface area contributed by atoms with E-state index in [0.29, 0.717) is 48.6 Å². The van der Waals surface area contributed by atoms with Crippen LogP contribution in [-0.2, 0) is 9.59 Å². The summed E-state index contributed by atoms with van der Waals surface area (Å²) in [4.78, 5) is 26.0. The number of carbonyl (C=O) groups is 2. The maximum atomic E-state index is 12.9. The van der Waals surface area contributed by atoms with Gasteiger partial charge >= 0.3 is 5.97 Å². The predicted octanol–water partition coefficient (Wildman–Crippen LogP) is 5.72. The Bertz CT molecular complexity index is 1040. The first kappa shape index (κ1) is 21.6. The van der Waals surface area contributed by atoms with Crippen molar-refractivity contribution in [2.24, 2.45) is 0 Å². The van der Waals surface area contributed by atoms with Gasteiger partial charge in [0.15, 0.2) is 15.8 Å². The molecule has 1 amide bonds. The molecule has 0 bridgehead atoms. The zero-order valence-electron chi connectivity index (χ0n) is 15.4. The van der Waals surface area contributed by atoms with Gasteiger partial charge in [-0.15, -0.1) is 0 Å². The van der Waals surface area contributed by atoms with E-state index in [2.05, 4.69) is 0 Å². The van der Waals surface area contributed by atoms with Gasteiger partial charge in [0.25, 0.3) is 5.91 Å². The fourth-order valence-corrected chi connectivity index (χ4v) is 4.18. The minimum atomic E-state index is -0.443. The van der Waals surface area contributed by atoms with E-state index in [0.717, 1.165) is 0 Å². The van der Waals surface area contributed by atoms with E-state index in [1.54, 1.807) is 42.5 Å². The second-order valence-electron chi connectivity index (χ2n) is 5.85. The number of thioether (sulfide) groups is 1. The Morgan fingerprint density at radius 3 is 2.59 bits per heavy atom. The fraction of sp³-hybridized carbons (Fsp3) is 0.150. The smallest absolute Gasteiger partial charge is 0.308 e. The SMILES string of the molecule is CCOc1cc(/C=C2\SC(=S)N(c3ccc(Cl)c(Cl)c3)C2=O)ccc1OC(C)=O. The summed E-state index contributed by atoms with van der Waals surface area (Å²) in [5.41, 5.74) is 1.25. The number of thiocarbonyl (C=S) groups is 1. The Labute approximate surface area is 187 Å². The van der Waals surface area contributed by atoms with Crippen molar-refractivity contribution < 1.29 is 19.1 Å². The number of rotatable bonds is 5. The van der Waals surface area contributed by atoms with Crippen LogP contribution in [0.25, 0.3) is 6.08 Å². The van der Waals surface area contributed by atoms with Crippen LogP contribution in [0.15, 0.2) is 41.3 Å². The number of ether oxygens (including phenoxy) is 2. The maximum Gasteiger partial charge on any atom is 0.308 e. The fourth-order valence-electron chi connectivity index (χ4n) is 2.59. The second kappa shape index (κ2) is 9.17. The highest BCUT2D eigenvalue weighted by molar-refractivity contribution is 8.27. The number of esters is 1. The molecule has 0 aromatic heterocycles. The molecule has 1 heterocycles. The molecule has 5 nitrogen and oxygen atoms in total. The molecule has 2 aromatic rings. The number of benzene rings is 2. The highest BCUT2D eigenvalue weighted by Gasteiger charge is 2.33. The van der Waals surface area contributed by atoms with Crippen molar-refractivity contribution in [1.82, 2.24) is 0 Å². The highest BCUT2D eigenvalue weighted by Crippen LogP contribution is 2.38. The van der Waals surface area contributed by atoms with Crippen molar-refractivity contribution in [3.05, 3.63) is 56.9 Å². The molecule has 0 aliphatic carbocycles. The van der Waals surface area contributed by atoms with E-state index in [4.69, 9.17) is 44.9 Å². The summed E-state index contributed by atoms with van der Waals surface area (Å²) >= 11 is 18.6. The summed E-state index contributed by atoms with van der Waals surface area (Å²) in [5, 5.41) is 0.734. The monoisotopic (exact) mass is 467 g/mol. The van der Waals surface area contributed by atoms with E-state index in [1.165, 1.54) is 23.6 Å². The standard InChI is InChI=1S/C20H15Cl2NO4S2/c1-3-26-17-8-12(4-7-16(17)27-11(2)24)9-18-19(25)23(20(28)29-18)13-5-6-14(21)15(22)10-13/h4-10H,3H2,1-2H3/b18-9-. The molecule has 3 rings (SSSR count). The van der Waals surface area contributed by atoms with Crippen molar-refractivity contribution in [3.63, 3.8) is 0 Å². The van der Waals surface area contributed by atoms with E-state index < -0.39 is 5.97 Å². The summed E-state index contributed by atoms with van der Waals surface area (Å²) < 4.78 is 11.1. The molecular weight excluding hydrogens is 453 g/mol. The normalized spacial score (nSPS) is 15.2. The summed E-state index contributed by atoms with van der Waals surface area (Å²) in [7, 11) is 0. The Kier molecular flexibility index (Phi) is 6.85. The largest absolute Gasteiger partial charge is 0.490 e. The maximum absolute atomic E-state index is 12.9. The molecule has 1 aliphatic heterocycles. The van der Waals surface area contributed by atoms with Gasteiger partial charge in [-0.2, -0.15) is 0 Å². The van der Waals surface area contributed by atoms with Gasteiger partial charge in [-0.25, -0.2) is 0 Å². The van der Waals surface area contributed by atoms with Crippen LogP contribution in [0.5, 0.6) is 11.5 Å². The lowest BCUT2D eigenvalue weighted by Gasteiger charge is -2.15. The third-order valence-electron chi connectivity index (χ3n) is 3.77. The van der Waals surface area contributed by atoms with Crippen LogP contribution in [0.3, 0.4) is 0 Å². The summed E-state index contributed by atoms with van der Waals surface area (Å²) in [6.07, 6.45) is 1.71. The number of amides is 1. The Morgan fingerprint density at radius 1 is 1.17 bits per heavy atom. The van der Waals surface area contributed by atoms with Gasteiger partial charge < -0.3 is 9.47 Å². The first-order valence-corrected chi connectivity index (χ1v) is 10.5. The molecule has 0 atom stereocenters. The topological polar surface area (TPSA) is 55.8 Å². The Balaban J connectivity index is 1.91. The number of hydrogen-bond acceptors (Lipinski definition) is 6. The molecule has 0 radical (unpaired) electrons. The minimum Gasteiger partial charge on any atom is -0.490 e. The number of halogens is 2. The molecule has 0 saturated carbocycles. The molecule has 0 N–H and O–H groups in total. The lowest BCUT2D eigenvalue weighted by molar-refractivity contribution is -0.132. The highest BCUT2D eigenvalue weighted by atomic mass is 35.5. The van der Waals surface area contributed by atoms with Crippen LogP contribution in [0, 0.1) is 0 Å². The Hall–Kier alpha value is -2.06. The molecule has 1 aliphatic rings. The molecule has 9 heteroatoms. The van der Waals surface area contributed by atoms with E-state index in [9.17, 15) is 9.59 Å². The zero-order chi connectivity index (χ0) is 21.1. The van der Waals surface area contributed by atoms with Gasteiger partial charge in [0.2, 0.25) is 0 Å². The Morgan fingerprint density at radius 2 is 1.93 bits per heavy atom. The van der Waals surface area contributed by atoms with Crippen LogP contribution in [-0.4, -0.2) is 22.8 Å². The number of nitrogens with zero attached hydrogens (tertiary/aromatic N) is 1. The van der Waals surface area contributed by atoms with Gasteiger partial charge in [0.05, 0.1) is 27.2 Å². The molecule has 29 heavy (non-hydrogen) atoms. The molecular formula is C20H15Cl2NO4S2. The van der Waals surface area contributed by atoms with Crippen molar-refractivity contribution in [3.8, 4) is 11.5 Å². The average molecular weight is 468 g/mol. The van der Waals surface area contributed by atoms with Crippen molar-refractivity contribution in [2.75, 3.05) is 11.5 Å². The molecule has 1 fully saturated rings. The van der Waals surface area contributed by atoms with Crippen LogP contribution in [0.1, 0.15) is 19.4 Å². The lowest BCUT2D eigenvalue weighted by Crippen LogP contribution is -2.27.